The second-order valence-corrected chi connectivity index (χ2v) is 6.65. The van der Waals surface area contributed by atoms with Crippen molar-refractivity contribution >= 4 is 11.8 Å². The average Bonchev–Trinajstić information content (AvgIpc) is 2.92. The summed E-state index contributed by atoms with van der Waals surface area (Å²) in [6.45, 7) is 1.32. The summed E-state index contributed by atoms with van der Waals surface area (Å²) in [4.78, 5) is 23.9. The molecule has 1 aliphatic heterocycles. The summed E-state index contributed by atoms with van der Waals surface area (Å²) in [5.74, 6) is -0.126. The molecule has 0 aromatic heterocycles. The summed E-state index contributed by atoms with van der Waals surface area (Å²) >= 11 is 0. The van der Waals surface area contributed by atoms with Gasteiger partial charge in [0.15, 0.2) is 0 Å². The van der Waals surface area contributed by atoms with Crippen LogP contribution in [0, 0.1) is 0 Å². The topological polar surface area (TPSA) is 67.4 Å². The van der Waals surface area contributed by atoms with Gasteiger partial charge in [0.25, 0.3) is 5.91 Å². The molecule has 1 heterocycles. The van der Waals surface area contributed by atoms with E-state index >= 15 is 0 Å². The van der Waals surface area contributed by atoms with E-state index in [2.05, 4.69) is 10.6 Å². The molecule has 24 heavy (non-hydrogen) atoms. The van der Waals surface area contributed by atoms with Crippen molar-refractivity contribution in [2.75, 3.05) is 13.2 Å². The molecule has 0 saturated heterocycles. The predicted molar refractivity (Wildman–Crippen MR) is 91.7 cm³/mol. The number of hydrogen-bond donors (Lipinski definition) is 2. The van der Waals surface area contributed by atoms with Gasteiger partial charge in [0.05, 0.1) is 18.6 Å². The molecular weight excluding hydrogens is 304 g/mol. The summed E-state index contributed by atoms with van der Waals surface area (Å²) in [5.41, 5.74) is 1.59. The molecule has 130 valence electrons. The monoisotopic (exact) mass is 330 g/mol. The Kier molecular flexibility index (Phi) is 5.86. The third-order valence-electron chi connectivity index (χ3n) is 4.82. The highest BCUT2D eigenvalue weighted by Crippen LogP contribution is 2.27. The first-order valence-electron chi connectivity index (χ1n) is 9.02. The lowest BCUT2D eigenvalue weighted by Gasteiger charge is -2.22. The molecule has 0 spiro atoms. The van der Waals surface area contributed by atoms with E-state index in [1.807, 2.05) is 18.2 Å². The highest BCUT2D eigenvalue weighted by atomic mass is 16.5. The molecular formula is C19H26N2O3. The van der Waals surface area contributed by atoms with Crippen LogP contribution in [0.2, 0.25) is 0 Å². The van der Waals surface area contributed by atoms with Crippen molar-refractivity contribution in [1.82, 2.24) is 10.6 Å². The summed E-state index contributed by atoms with van der Waals surface area (Å²) in [6.07, 6.45) is 7.75. The summed E-state index contributed by atoms with van der Waals surface area (Å²) < 4.78 is 5.85. The fourth-order valence-electron chi connectivity index (χ4n) is 3.52. The van der Waals surface area contributed by atoms with Gasteiger partial charge in [-0.1, -0.05) is 37.5 Å². The molecule has 0 bridgehead atoms. The third kappa shape index (κ3) is 4.35. The van der Waals surface area contributed by atoms with Crippen LogP contribution in [-0.2, 0) is 9.53 Å². The molecule has 1 atom stereocenters. The number of hydrogen-bond acceptors (Lipinski definition) is 3. The first-order valence-corrected chi connectivity index (χ1v) is 9.02. The van der Waals surface area contributed by atoms with Gasteiger partial charge in [-0.25, -0.2) is 0 Å². The first-order chi connectivity index (χ1) is 11.7. The van der Waals surface area contributed by atoms with Gasteiger partial charge in [-0.2, -0.15) is 0 Å². The Bertz CT molecular complexity index is 582. The third-order valence-corrected chi connectivity index (χ3v) is 4.82. The van der Waals surface area contributed by atoms with Gasteiger partial charge in [0.2, 0.25) is 5.91 Å². The van der Waals surface area contributed by atoms with E-state index in [9.17, 15) is 9.59 Å². The lowest BCUT2D eigenvalue weighted by molar-refractivity contribution is -0.121. The van der Waals surface area contributed by atoms with Crippen LogP contribution >= 0.6 is 0 Å². The number of carbonyl (C=O) groups excluding carboxylic acids is 2. The zero-order valence-corrected chi connectivity index (χ0v) is 14.1. The van der Waals surface area contributed by atoms with Crippen LogP contribution in [0.15, 0.2) is 24.3 Å². The van der Waals surface area contributed by atoms with Crippen LogP contribution in [0.3, 0.4) is 0 Å². The quantitative estimate of drug-likeness (QED) is 0.755. The molecule has 1 aliphatic carbocycles. The van der Waals surface area contributed by atoms with Crippen molar-refractivity contribution in [3.63, 3.8) is 0 Å². The van der Waals surface area contributed by atoms with E-state index in [1.54, 1.807) is 6.07 Å². The van der Waals surface area contributed by atoms with Crippen LogP contribution in [0.25, 0.3) is 0 Å². The van der Waals surface area contributed by atoms with E-state index in [4.69, 9.17) is 4.74 Å². The standard InChI is InChI=1S/C19H26N2O3/c22-18(20-11-6-12-24-14-7-2-1-3-8-14)13-17-15-9-4-5-10-16(15)19(23)21-17/h4-5,9-10,14,17H,1-3,6-8,11-13H2,(H,20,22)(H,21,23). The normalized spacial score (nSPS) is 20.5. The molecule has 5 heteroatoms. The van der Waals surface area contributed by atoms with Crippen molar-refractivity contribution in [2.24, 2.45) is 0 Å². The van der Waals surface area contributed by atoms with Crippen molar-refractivity contribution in [3.8, 4) is 0 Å². The molecule has 2 N–H and O–H groups in total. The number of rotatable bonds is 7. The maximum atomic E-state index is 12.1. The highest BCUT2D eigenvalue weighted by Gasteiger charge is 2.29. The Labute approximate surface area is 143 Å². The van der Waals surface area contributed by atoms with Gasteiger partial charge < -0.3 is 15.4 Å². The van der Waals surface area contributed by atoms with Gasteiger partial charge in [0, 0.05) is 18.7 Å². The number of fused-ring (bicyclic) bond motifs is 1. The minimum Gasteiger partial charge on any atom is -0.378 e. The molecule has 0 radical (unpaired) electrons. The van der Waals surface area contributed by atoms with E-state index in [1.165, 1.54) is 32.1 Å². The van der Waals surface area contributed by atoms with Crippen LogP contribution in [-0.4, -0.2) is 31.1 Å². The Hall–Kier alpha value is -1.88. The fourth-order valence-corrected chi connectivity index (χ4v) is 3.52. The molecule has 1 aromatic carbocycles. The van der Waals surface area contributed by atoms with Gasteiger partial charge in [-0.3, -0.25) is 9.59 Å². The van der Waals surface area contributed by atoms with Crippen LogP contribution < -0.4 is 10.6 Å². The number of ether oxygens (including phenoxy) is 1. The summed E-state index contributed by atoms with van der Waals surface area (Å²) in [5, 5.41) is 5.79. The van der Waals surface area contributed by atoms with E-state index in [0.29, 0.717) is 24.8 Å². The molecule has 1 saturated carbocycles. The first kappa shape index (κ1) is 17.0. The summed E-state index contributed by atoms with van der Waals surface area (Å²) in [6, 6.07) is 7.22. The predicted octanol–water partition coefficient (Wildman–Crippen LogP) is 2.72. The largest absolute Gasteiger partial charge is 0.378 e. The second-order valence-electron chi connectivity index (χ2n) is 6.65. The highest BCUT2D eigenvalue weighted by molar-refractivity contribution is 5.99. The lowest BCUT2D eigenvalue weighted by Crippen LogP contribution is -2.30. The van der Waals surface area contributed by atoms with E-state index < -0.39 is 0 Å². The van der Waals surface area contributed by atoms with Crippen LogP contribution in [0.5, 0.6) is 0 Å². The molecule has 2 amide bonds. The van der Waals surface area contributed by atoms with Gasteiger partial charge in [-0.05, 0) is 30.9 Å². The number of benzene rings is 1. The molecule has 5 nitrogen and oxygen atoms in total. The van der Waals surface area contributed by atoms with Crippen molar-refractivity contribution in [1.29, 1.82) is 0 Å². The molecule has 2 aliphatic rings. The van der Waals surface area contributed by atoms with Crippen molar-refractivity contribution < 1.29 is 14.3 Å². The maximum Gasteiger partial charge on any atom is 0.252 e. The van der Waals surface area contributed by atoms with Gasteiger partial charge in [0.1, 0.15) is 0 Å². The molecule has 1 fully saturated rings. The van der Waals surface area contributed by atoms with Crippen molar-refractivity contribution in [3.05, 3.63) is 35.4 Å². The average molecular weight is 330 g/mol. The van der Waals surface area contributed by atoms with Gasteiger partial charge in [-0.15, -0.1) is 0 Å². The van der Waals surface area contributed by atoms with Gasteiger partial charge >= 0.3 is 0 Å². The zero-order valence-electron chi connectivity index (χ0n) is 14.1. The van der Waals surface area contributed by atoms with E-state index in [-0.39, 0.29) is 24.3 Å². The number of nitrogens with one attached hydrogen (secondary N) is 2. The van der Waals surface area contributed by atoms with Crippen LogP contribution in [0.4, 0.5) is 0 Å². The molecule has 3 rings (SSSR count). The fraction of sp³-hybridized carbons (Fsp3) is 0.579. The Morgan fingerprint density at radius 2 is 2.00 bits per heavy atom. The zero-order chi connectivity index (χ0) is 16.8. The van der Waals surface area contributed by atoms with Crippen LogP contribution in [0.1, 0.15) is 66.9 Å². The summed E-state index contributed by atoms with van der Waals surface area (Å²) in [7, 11) is 0. The second kappa shape index (κ2) is 8.29. The SMILES string of the molecule is O=C(CC1NC(=O)c2ccccc21)NCCCOC1CCCCC1. The van der Waals surface area contributed by atoms with Crippen molar-refractivity contribution in [2.45, 2.75) is 57.1 Å². The Balaban J connectivity index is 1.34. The smallest absolute Gasteiger partial charge is 0.252 e. The maximum absolute atomic E-state index is 12.1. The molecule has 1 aromatic rings. The van der Waals surface area contributed by atoms with E-state index in [0.717, 1.165) is 12.0 Å². The Morgan fingerprint density at radius 1 is 1.21 bits per heavy atom. The lowest BCUT2D eigenvalue weighted by atomic mass is 9.98. The number of amides is 2. The minimum atomic E-state index is -0.216. The minimum absolute atomic E-state index is 0.0327. The number of carbonyl (C=O) groups is 2. The Morgan fingerprint density at radius 3 is 2.83 bits per heavy atom. The molecule has 1 unspecified atom stereocenters.